The van der Waals surface area contributed by atoms with Gasteiger partial charge in [0, 0.05) is 16.0 Å². The van der Waals surface area contributed by atoms with Gasteiger partial charge in [-0.3, -0.25) is 0 Å². The Hall–Kier alpha value is -2.63. The summed E-state index contributed by atoms with van der Waals surface area (Å²) in [5.74, 6) is 0.801. The minimum atomic E-state index is -0.00911. The smallest absolute Gasteiger partial charge is 0.231 e. The van der Waals surface area contributed by atoms with Crippen LogP contribution < -0.4 is 0 Å². The van der Waals surface area contributed by atoms with E-state index in [2.05, 4.69) is 80.5 Å². The van der Waals surface area contributed by atoms with Crippen molar-refractivity contribution in [2.45, 2.75) is 38.0 Å². The molecular weight excluding hydrogens is 408 g/mol. The highest BCUT2D eigenvalue weighted by Gasteiger charge is 2.23. The number of thioether (sulfide) groups is 1. The maximum Gasteiger partial charge on any atom is 0.231 e. The number of nitrogens with zero attached hydrogens (tertiary/aromatic N) is 2. The Kier molecular flexibility index (Phi) is 5.43. The lowest BCUT2D eigenvalue weighted by Crippen LogP contribution is -2.12. The zero-order valence-corrected chi connectivity index (χ0v) is 19.3. The van der Waals surface area contributed by atoms with Gasteiger partial charge < -0.3 is 4.42 Å². The molecule has 0 unspecified atom stereocenters. The van der Waals surface area contributed by atoms with E-state index >= 15 is 0 Å². The molecule has 0 aliphatic rings. The molecule has 4 rings (SSSR count). The number of benzene rings is 1. The lowest BCUT2D eigenvalue weighted by Gasteiger charge is -2.23. The highest BCUT2D eigenvalue weighted by Crippen LogP contribution is 2.42. The van der Waals surface area contributed by atoms with Crippen molar-refractivity contribution in [2.24, 2.45) is 0 Å². The topological polar surface area (TPSA) is 38.9 Å². The van der Waals surface area contributed by atoms with Crippen LogP contribution in [-0.4, -0.2) is 9.97 Å². The molecule has 0 spiro atoms. The summed E-state index contributed by atoms with van der Waals surface area (Å²) in [6.45, 7) is 16.7. The summed E-state index contributed by atoms with van der Waals surface area (Å²) in [6.07, 6.45) is 3.41. The Morgan fingerprint density at radius 1 is 1.13 bits per heavy atom. The SMILES string of the molecule is C=CSc1ccc(-c2ncnc3oc(-c4cc(C)cs4)c(C=C)c23)cc1C(C)(C)C. The summed E-state index contributed by atoms with van der Waals surface area (Å²) in [7, 11) is 0. The summed E-state index contributed by atoms with van der Waals surface area (Å²) in [5.41, 5.74) is 5.88. The first-order chi connectivity index (χ1) is 14.3. The van der Waals surface area contributed by atoms with Gasteiger partial charge in [0.25, 0.3) is 0 Å². The van der Waals surface area contributed by atoms with Crippen LogP contribution >= 0.6 is 23.1 Å². The van der Waals surface area contributed by atoms with Crippen LogP contribution in [0, 0.1) is 6.92 Å². The Balaban J connectivity index is 1.97. The molecule has 0 bridgehead atoms. The number of hydrogen-bond donors (Lipinski definition) is 0. The van der Waals surface area contributed by atoms with Gasteiger partial charge in [-0.15, -0.1) is 11.3 Å². The minimum absolute atomic E-state index is 0.00911. The number of hydrogen-bond acceptors (Lipinski definition) is 5. The highest BCUT2D eigenvalue weighted by atomic mass is 32.2. The van der Waals surface area contributed by atoms with Crippen LogP contribution in [0.25, 0.3) is 39.1 Å². The third kappa shape index (κ3) is 3.64. The van der Waals surface area contributed by atoms with E-state index in [0.717, 1.165) is 32.8 Å². The third-order valence-corrected chi connectivity index (χ3v) is 6.78. The Morgan fingerprint density at radius 2 is 1.93 bits per heavy atom. The molecule has 3 aromatic heterocycles. The van der Waals surface area contributed by atoms with Crippen LogP contribution in [0.15, 0.2) is 63.9 Å². The minimum Gasteiger partial charge on any atom is -0.436 e. The number of rotatable bonds is 5. The molecule has 3 nitrogen and oxygen atoms in total. The predicted molar refractivity (Wildman–Crippen MR) is 130 cm³/mol. The van der Waals surface area contributed by atoms with Crippen molar-refractivity contribution in [1.82, 2.24) is 9.97 Å². The van der Waals surface area contributed by atoms with Crippen LogP contribution in [-0.2, 0) is 5.41 Å². The highest BCUT2D eigenvalue weighted by molar-refractivity contribution is 8.02. The third-order valence-electron chi connectivity index (χ3n) is 4.95. The van der Waals surface area contributed by atoms with Gasteiger partial charge in [-0.25, -0.2) is 9.97 Å². The molecule has 4 aromatic rings. The van der Waals surface area contributed by atoms with Crippen molar-refractivity contribution in [1.29, 1.82) is 0 Å². The second kappa shape index (κ2) is 7.89. The van der Waals surface area contributed by atoms with Gasteiger partial charge in [0.2, 0.25) is 5.71 Å². The molecule has 0 N–H and O–H groups in total. The second-order valence-electron chi connectivity index (χ2n) is 8.19. The fourth-order valence-corrected chi connectivity index (χ4v) is 5.27. The molecule has 0 amide bonds. The summed E-state index contributed by atoms with van der Waals surface area (Å²) in [4.78, 5) is 11.3. The fourth-order valence-electron chi connectivity index (χ4n) is 3.56. The molecule has 3 heterocycles. The average Bonchev–Trinajstić information content (AvgIpc) is 3.30. The van der Waals surface area contributed by atoms with E-state index in [0.29, 0.717) is 5.71 Å². The number of thiophene rings is 1. The zero-order valence-electron chi connectivity index (χ0n) is 17.7. The maximum absolute atomic E-state index is 6.18. The normalized spacial score (nSPS) is 11.7. The van der Waals surface area contributed by atoms with E-state index in [9.17, 15) is 0 Å². The Labute approximate surface area is 185 Å². The van der Waals surface area contributed by atoms with Crippen LogP contribution in [0.2, 0.25) is 0 Å². The summed E-state index contributed by atoms with van der Waals surface area (Å²) in [6, 6.07) is 8.61. The van der Waals surface area contributed by atoms with Gasteiger partial charge in [-0.2, -0.15) is 0 Å². The second-order valence-corrected chi connectivity index (χ2v) is 10.1. The van der Waals surface area contributed by atoms with Crippen molar-refractivity contribution in [3.63, 3.8) is 0 Å². The van der Waals surface area contributed by atoms with E-state index in [1.807, 2.05) is 11.5 Å². The van der Waals surface area contributed by atoms with Crippen LogP contribution in [0.4, 0.5) is 0 Å². The first-order valence-electron chi connectivity index (χ1n) is 9.71. The van der Waals surface area contributed by atoms with Crippen molar-refractivity contribution in [2.75, 3.05) is 0 Å². The van der Waals surface area contributed by atoms with Crippen LogP contribution in [0.1, 0.15) is 37.5 Å². The van der Waals surface area contributed by atoms with Gasteiger partial charge in [-0.05, 0) is 52.5 Å². The molecule has 0 aliphatic heterocycles. The van der Waals surface area contributed by atoms with E-state index in [1.54, 1.807) is 29.4 Å². The monoisotopic (exact) mass is 432 g/mol. The molecule has 30 heavy (non-hydrogen) atoms. The van der Waals surface area contributed by atoms with Gasteiger partial charge in [0.05, 0.1) is 16.0 Å². The maximum atomic E-state index is 6.18. The molecular formula is C25H24N2OS2. The first kappa shape index (κ1) is 20.6. The Bertz CT molecular complexity index is 1260. The van der Waals surface area contributed by atoms with Crippen molar-refractivity contribution in [3.05, 3.63) is 71.2 Å². The van der Waals surface area contributed by atoms with Crippen molar-refractivity contribution < 1.29 is 4.42 Å². The summed E-state index contributed by atoms with van der Waals surface area (Å²) >= 11 is 3.31. The predicted octanol–water partition coefficient (Wildman–Crippen LogP) is 8.10. The largest absolute Gasteiger partial charge is 0.436 e. The number of fused-ring (bicyclic) bond motifs is 1. The van der Waals surface area contributed by atoms with E-state index in [4.69, 9.17) is 4.42 Å². The molecule has 0 atom stereocenters. The molecule has 5 heteroatoms. The Morgan fingerprint density at radius 3 is 2.57 bits per heavy atom. The molecule has 0 fully saturated rings. The molecule has 0 saturated heterocycles. The quantitative estimate of drug-likeness (QED) is 0.299. The average molecular weight is 433 g/mol. The first-order valence-corrected chi connectivity index (χ1v) is 11.5. The lowest BCUT2D eigenvalue weighted by molar-refractivity contribution is 0.578. The number of aromatic nitrogens is 2. The summed E-state index contributed by atoms with van der Waals surface area (Å²) < 4.78 is 6.18. The number of furan rings is 1. The van der Waals surface area contributed by atoms with E-state index < -0.39 is 0 Å². The zero-order chi connectivity index (χ0) is 21.5. The van der Waals surface area contributed by atoms with Crippen molar-refractivity contribution in [3.8, 4) is 21.9 Å². The van der Waals surface area contributed by atoms with Gasteiger partial charge in [0.1, 0.15) is 6.33 Å². The van der Waals surface area contributed by atoms with E-state index in [1.165, 1.54) is 16.0 Å². The van der Waals surface area contributed by atoms with E-state index in [-0.39, 0.29) is 5.41 Å². The molecule has 0 radical (unpaired) electrons. The summed E-state index contributed by atoms with van der Waals surface area (Å²) in [5, 5.41) is 4.89. The number of aryl methyl sites for hydroxylation is 1. The van der Waals surface area contributed by atoms with Gasteiger partial charge in [-0.1, -0.05) is 57.8 Å². The molecule has 1 aromatic carbocycles. The molecule has 0 aliphatic carbocycles. The van der Waals surface area contributed by atoms with Gasteiger partial charge in [0.15, 0.2) is 5.76 Å². The van der Waals surface area contributed by atoms with Crippen LogP contribution in [0.5, 0.6) is 0 Å². The molecule has 152 valence electrons. The van der Waals surface area contributed by atoms with Crippen molar-refractivity contribution >= 4 is 40.3 Å². The lowest BCUT2D eigenvalue weighted by atomic mass is 9.85. The standard InChI is InChI=1S/C25H24N2OS2/c1-7-17-21-22(16-9-10-19(29-8-2)18(12-16)25(4,5)6)26-14-27-24(21)28-23(17)20-11-15(3)13-30-20/h7-14H,1-2H2,3-6H3. The fraction of sp³-hybridized carbons (Fsp3) is 0.200. The molecule has 0 saturated carbocycles. The van der Waals surface area contributed by atoms with Gasteiger partial charge >= 0.3 is 0 Å². The van der Waals surface area contributed by atoms with Crippen LogP contribution in [0.3, 0.4) is 0 Å².